The van der Waals surface area contributed by atoms with E-state index in [0.717, 1.165) is 53.3 Å². The lowest BCUT2D eigenvalue weighted by atomic mass is 9.65. The summed E-state index contributed by atoms with van der Waals surface area (Å²) in [7, 11) is 0. The molecular weight excluding hydrogens is 276 g/mol. The molecule has 0 aromatic heterocycles. The van der Waals surface area contributed by atoms with Crippen molar-refractivity contribution in [2.75, 3.05) is 0 Å². The molecule has 1 saturated carbocycles. The molecule has 8 unspecified atom stereocenters. The second kappa shape index (κ2) is 9.47. The van der Waals surface area contributed by atoms with Crippen LogP contribution in [0, 0.1) is 53.3 Å². The highest BCUT2D eigenvalue weighted by Gasteiger charge is 2.33. The highest BCUT2D eigenvalue weighted by Crippen LogP contribution is 2.41. The van der Waals surface area contributed by atoms with Crippen LogP contribution in [0.15, 0.2) is 0 Å². The van der Waals surface area contributed by atoms with Gasteiger partial charge in [0.25, 0.3) is 0 Å². The van der Waals surface area contributed by atoms with E-state index < -0.39 is 0 Å². The van der Waals surface area contributed by atoms with Crippen LogP contribution in [0.4, 0.5) is 0 Å². The third-order valence-electron chi connectivity index (χ3n) is 8.59. The second-order valence-electron chi connectivity index (χ2n) is 9.61. The summed E-state index contributed by atoms with van der Waals surface area (Å²) in [5.74, 6) is 7.63. The average molecular weight is 323 g/mol. The van der Waals surface area contributed by atoms with Crippen molar-refractivity contribution >= 4 is 0 Å². The van der Waals surface area contributed by atoms with Gasteiger partial charge in [0, 0.05) is 0 Å². The molecule has 0 N–H and O–H groups in total. The summed E-state index contributed by atoms with van der Waals surface area (Å²) in [6, 6.07) is 0. The fourth-order valence-corrected chi connectivity index (χ4v) is 5.07. The van der Waals surface area contributed by atoms with Gasteiger partial charge in [-0.1, -0.05) is 94.4 Å². The Labute approximate surface area is 148 Å². The molecule has 0 nitrogen and oxygen atoms in total. The van der Waals surface area contributed by atoms with Gasteiger partial charge in [0.15, 0.2) is 0 Å². The molecular formula is C23H46. The van der Waals surface area contributed by atoms with Crippen LogP contribution in [0.2, 0.25) is 0 Å². The van der Waals surface area contributed by atoms with Gasteiger partial charge in [0.2, 0.25) is 0 Å². The summed E-state index contributed by atoms with van der Waals surface area (Å²) in [4.78, 5) is 0. The minimum Gasteiger partial charge on any atom is -0.0622 e. The molecule has 0 heterocycles. The maximum atomic E-state index is 2.53. The summed E-state index contributed by atoms with van der Waals surface area (Å²) in [5.41, 5.74) is 0. The minimum absolute atomic E-state index is 0.826. The maximum absolute atomic E-state index is 2.53. The Kier molecular flexibility index (Phi) is 8.67. The molecule has 0 aromatic rings. The van der Waals surface area contributed by atoms with Gasteiger partial charge in [-0.05, 0) is 53.3 Å². The van der Waals surface area contributed by atoms with Gasteiger partial charge in [-0.2, -0.15) is 0 Å². The van der Waals surface area contributed by atoms with Crippen LogP contribution in [0.25, 0.3) is 0 Å². The third-order valence-corrected chi connectivity index (χ3v) is 8.59. The Balaban J connectivity index is 2.92. The van der Waals surface area contributed by atoms with E-state index in [1.807, 2.05) is 0 Å². The standard InChI is InChI=1S/C23H46/c1-15-13-11-10-12-14-16(2)18(4)20(6)22(8)23(9)21(7)19(5)17(15)3/h15-23H,10-14H2,1-9H3. The van der Waals surface area contributed by atoms with E-state index in [2.05, 4.69) is 62.3 Å². The van der Waals surface area contributed by atoms with Crippen molar-refractivity contribution in [1.29, 1.82) is 0 Å². The first kappa shape index (κ1) is 21.0. The number of hydrogen-bond acceptors (Lipinski definition) is 0. The molecule has 0 radical (unpaired) electrons. The molecule has 0 spiro atoms. The molecule has 8 atom stereocenters. The molecule has 0 bridgehead atoms. The molecule has 0 heteroatoms. The van der Waals surface area contributed by atoms with Gasteiger partial charge in [-0.3, -0.25) is 0 Å². The van der Waals surface area contributed by atoms with E-state index in [1.54, 1.807) is 0 Å². The topological polar surface area (TPSA) is 0 Å². The van der Waals surface area contributed by atoms with Crippen molar-refractivity contribution in [3.8, 4) is 0 Å². The van der Waals surface area contributed by atoms with Gasteiger partial charge in [-0.25, -0.2) is 0 Å². The molecule has 138 valence electrons. The van der Waals surface area contributed by atoms with E-state index in [9.17, 15) is 0 Å². The van der Waals surface area contributed by atoms with E-state index in [0.29, 0.717) is 0 Å². The molecule has 0 aromatic carbocycles. The Bertz CT molecular complexity index is 290. The predicted molar refractivity (Wildman–Crippen MR) is 106 cm³/mol. The van der Waals surface area contributed by atoms with Crippen LogP contribution in [-0.4, -0.2) is 0 Å². The summed E-state index contributed by atoms with van der Waals surface area (Å²) in [5, 5.41) is 0. The quantitative estimate of drug-likeness (QED) is 0.429. The van der Waals surface area contributed by atoms with E-state index in [1.165, 1.54) is 32.1 Å². The zero-order valence-corrected chi connectivity index (χ0v) is 17.7. The fraction of sp³-hybridized carbons (Fsp3) is 1.00. The maximum Gasteiger partial charge on any atom is -0.0386 e. The lowest BCUT2D eigenvalue weighted by Gasteiger charge is -2.40. The van der Waals surface area contributed by atoms with Crippen LogP contribution < -0.4 is 0 Å². The van der Waals surface area contributed by atoms with Gasteiger partial charge < -0.3 is 0 Å². The minimum atomic E-state index is 0.826. The summed E-state index contributed by atoms with van der Waals surface area (Å²) in [6.45, 7) is 22.7. The van der Waals surface area contributed by atoms with Crippen LogP contribution in [0.3, 0.4) is 0 Å². The molecule has 1 aliphatic rings. The van der Waals surface area contributed by atoms with Gasteiger partial charge in [0.1, 0.15) is 0 Å². The number of rotatable bonds is 0. The Hall–Kier alpha value is 0. The molecule has 0 aliphatic heterocycles. The largest absolute Gasteiger partial charge is 0.0622 e. The van der Waals surface area contributed by atoms with Crippen LogP contribution in [0.1, 0.15) is 94.4 Å². The van der Waals surface area contributed by atoms with Gasteiger partial charge in [0.05, 0.1) is 0 Å². The third kappa shape index (κ3) is 5.50. The second-order valence-corrected chi connectivity index (χ2v) is 9.61. The lowest BCUT2D eigenvalue weighted by molar-refractivity contribution is 0.0855. The molecule has 1 aliphatic carbocycles. The van der Waals surface area contributed by atoms with Crippen molar-refractivity contribution in [3.05, 3.63) is 0 Å². The van der Waals surface area contributed by atoms with Crippen LogP contribution in [-0.2, 0) is 0 Å². The monoisotopic (exact) mass is 322 g/mol. The van der Waals surface area contributed by atoms with Gasteiger partial charge >= 0.3 is 0 Å². The van der Waals surface area contributed by atoms with Crippen molar-refractivity contribution < 1.29 is 0 Å². The summed E-state index contributed by atoms with van der Waals surface area (Å²) in [6.07, 6.45) is 7.19. The van der Waals surface area contributed by atoms with Crippen molar-refractivity contribution in [3.63, 3.8) is 0 Å². The predicted octanol–water partition coefficient (Wildman–Crippen LogP) is 7.68. The van der Waals surface area contributed by atoms with E-state index in [4.69, 9.17) is 0 Å². The Morgan fingerprint density at radius 1 is 0.348 bits per heavy atom. The van der Waals surface area contributed by atoms with E-state index >= 15 is 0 Å². The highest BCUT2D eigenvalue weighted by molar-refractivity contribution is 4.82. The summed E-state index contributed by atoms with van der Waals surface area (Å²) < 4.78 is 0. The molecule has 1 fully saturated rings. The number of hydrogen-bond donors (Lipinski definition) is 0. The lowest BCUT2D eigenvalue weighted by Crippen LogP contribution is -2.33. The molecule has 1 rings (SSSR count). The molecule has 23 heavy (non-hydrogen) atoms. The first-order valence-corrected chi connectivity index (χ1v) is 10.7. The highest BCUT2D eigenvalue weighted by atomic mass is 14.4. The Morgan fingerprint density at radius 2 is 0.609 bits per heavy atom. The van der Waals surface area contributed by atoms with Crippen molar-refractivity contribution in [2.24, 2.45) is 53.3 Å². The SMILES string of the molecule is CC1CCCCCC(C)C(C)C(C)C(C)C(C)C(C)C(C)C1C. The normalized spacial score (nSPS) is 48.7. The zero-order valence-electron chi connectivity index (χ0n) is 17.7. The first-order valence-electron chi connectivity index (χ1n) is 10.7. The van der Waals surface area contributed by atoms with Crippen LogP contribution >= 0.6 is 0 Å². The smallest absolute Gasteiger partial charge is 0.0386 e. The van der Waals surface area contributed by atoms with Crippen molar-refractivity contribution in [1.82, 2.24) is 0 Å². The fourth-order valence-electron chi connectivity index (χ4n) is 5.07. The average Bonchev–Trinajstić information content (AvgIpc) is 2.55. The summed E-state index contributed by atoms with van der Waals surface area (Å²) >= 11 is 0. The molecule has 0 amide bonds. The molecule has 0 saturated heterocycles. The van der Waals surface area contributed by atoms with Crippen LogP contribution in [0.5, 0.6) is 0 Å². The van der Waals surface area contributed by atoms with Crippen molar-refractivity contribution in [2.45, 2.75) is 94.4 Å². The first-order chi connectivity index (χ1) is 10.7. The van der Waals surface area contributed by atoms with Gasteiger partial charge in [-0.15, -0.1) is 0 Å². The Morgan fingerprint density at radius 3 is 0.913 bits per heavy atom. The van der Waals surface area contributed by atoms with E-state index in [-0.39, 0.29) is 0 Å². The zero-order chi connectivity index (χ0) is 17.7.